The van der Waals surface area contributed by atoms with E-state index in [2.05, 4.69) is 113 Å². The number of hydrogen-bond acceptors (Lipinski definition) is 6. The number of hydrogen-bond donors (Lipinski definition) is 0. The molecule has 0 spiro atoms. The lowest BCUT2D eigenvalue weighted by molar-refractivity contribution is 0.270. The maximum atomic E-state index is 7.09. The third kappa shape index (κ3) is 14.3. The van der Waals surface area contributed by atoms with Gasteiger partial charge in [0, 0.05) is 0 Å². The highest BCUT2D eigenvalue weighted by Crippen LogP contribution is 2.40. The molecule has 0 fully saturated rings. The average molecular weight is 652 g/mol. The highest BCUT2D eigenvalue weighted by atomic mass is 35.6. The molecule has 0 aliphatic carbocycles. The van der Waals surface area contributed by atoms with E-state index in [1.807, 2.05) is 0 Å². The molecule has 0 aliphatic rings. The molecule has 0 N–H and O–H groups in total. The Hall–Kier alpha value is 1.57. The molecular weight excluding hydrogens is 592 g/mol. The number of halogens is 1. The van der Waals surface area contributed by atoms with Crippen LogP contribution in [0.4, 0.5) is 0 Å². The largest absolute Gasteiger partial charge is 0.436 e. The van der Waals surface area contributed by atoms with Crippen LogP contribution in [0.2, 0.25) is 95.7 Å². The lowest BCUT2D eigenvalue weighted by Crippen LogP contribution is -2.61. The van der Waals surface area contributed by atoms with Crippen LogP contribution in [0.1, 0.15) is 47.5 Å². The van der Waals surface area contributed by atoms with Crippen molar-refractivity contribution in [3.05, 3.63) is 0 Å². The van der Waals surface area contributed by atoms with Crippen LogP contribution in [0.5, 0.6) is 0 Å². The molecule has 0 heterocycles. The molecule has 0 bridgehead atoms. The van der Waals surface area contributed by atoms with E-state index in [1.165, 1.54) is 12.8 Å². The molecule has 0 saturated heterocycles. The minimum atomic E-state index is -2.56. The Morgan fingerprint density at radius 3 is 1.06 bits per heavy atom. The molecule has 0 aromatic rings. The van der Waals surface area contributed by atoms with Crippen LogP contribution in [-0.4, -0.2) is 58.7 Å². The maximum absolute atomic E-state index is 7.09. The SMILES string of the molecule is CCCC[Si](C)(C)O[Si](C)(C)O[Si](C)(C)O[Si](C)(C)O[Si](C)(C)O[Si](C)(C)O[Si](Cl)(C(C)C)C(C)C. The van der Waals surface area contributed by atoms with Gasteiger partial charge in [-0.25, -0.2) is 0 Å². The topological polar surface area (TPSA) is 55.4 Å². The van der Waals surface area contributed by atoms with Crippen molar-refractivity contribution in [3.63, 3.8) is 0 Å². The highest BCUT2D eigenvalue weighted by Gasteiger charge is 2.51. The van der Waals surface area contributed by atoms with E-state index < -0.39 is 58.7 Å². The Balaban J connectivity index is 5.38. The van der Waals surface area contributed by atoms with E-state index in [9.17, 15) is 0 Å². The van der Waals surface area contributed by atoms with Crippen LogP contribution in [-0.2, 0) is 24.7 Å². The summed E-state index contributed by atoms with van der Waals surface area (Å²) < 4.78 is 40.1. The monoisotopic (exact) mass is 650 g/mol. The third-order valence-corrected chi connectivity index (χ3v) is 36.7. The maximum Gasteiger partial charge on any atom is 0.314 e. The van der Waals surface area contributed by atoms with Crippen molar-refractivity contribution in [3.8, 4) is 0 Å². The average Bonchev–Trinajstić information content (AvgIpc) is 2.53. The van der Waals surface area contributed by atoms with Gasteiger partial charge in [-0.2, -0.15) is 0 Å². The van der Waals surface area contributed by atoms with Crippen molar-refractivity contribution in [2.75, 3.05) is 0 Å². The summed E-state index contributed by atoms with van der Waals surface area (Å²) in [5.41, 5.74) is 0.589. The van der Waals surface area contributed by atoms with Gasteiger partial charge in [-0.1, -0.05) is 47.5 Å². The minimum absolute atomic E-state index is 0.295. The molecule has 0 radical (unpaired) electrons. The van der Waals surface area contributed by atoms with Crippen LogP contribution in [0, 0.1) is 0 Å². The first kappa shape index (κ1) is 37.6. The van der Waals surface area contributed by atoms with Gasteiger partial charge in [0.15, 0.2) is 8.32 Å². The fourth-order valence-corrected chi connectivity index (χ4v) is 41.6. The molecule has 6 nitrogen and oxygen atoms in total. The zero-order chi connectivity index (χ0) is 29.0. The molecule has 0 unspecified atom stereocenters. The smallest absolute Gasteiger partial charge is 0.314 e. The fraction of sp³-hybridized carbons (Fsp3) is 1.00. The van der Waals surface area contributed by atoms with Gasteiger partial charge in [0.25, 0.3) is 7.63 Å². The minimum Gasteiger partial charge on any atom is -0.436 e. The molecule has 0 atom stereocenters. The first-order valence-corrected chi connectivity index (χ1v) is 33.9. The van der Waals surface area contributed by atoms with Crippen LogP contribution in [0.3, 0.4) is 0 Å². The van der Waals surface area contributed by atoms with Crippen molar-refractivity contribution < 1.29 is 24.7 Å². The summed E-state index contributed by atoms with van der Waals surface area (Å²) in [5, 5.41) is 0. The third-order valence-electron chi connectivity index (χ3n) is 5.60. The van der Waals surface area contributed by atoms with E-state index in [0.29, 0.717) is 11.1 Å². The molecule has 0 rings (SSSR count). The second-order valence-corrected chi connectivity index (χ2v) is 41.9. The van der Waals surface area contributed by atoms with E-state index >= 15 is 0 Å². The van der Waals surface area contributed by atoms with Gasteiger partial charge >= 0.3 is 42.8 Å². The summed E-state index contributed by atoms with van der Waals surface area (Å²) in [6.07, 6.45) is 2.40. The van der Waals surface area contributed by atoms with Gasteiger partial charge in [-0.3, -0.25) is 0 Å². The first-order chi connectivity index (χ1) is 15.7. The normalized spacial score (nSPS) is 15.3. The van der Waals surface area contributed by atoms with Crippen molar-refractivity contribution in [2.24, 2.45) is 0 Å². The van der Waals surface area contributed by atoms with Gasteiger partial charge in [0.05, 0.1) is 0 Å². The lowest BCUT2D eigenvalue weighted by atomic mass is 10.4. The van der Waals surface area contributed by atoms with Crippen molar-refractivity contribution in [1.82, 2.24) is 0 Å². The molecule has 218 valence electrons. The van der Waals surface area contributed by atoms with Crippen LogP contribution in [0.15, 0.2) is 0 Å². The number of unbranched alkanes of at least 4 members (excludes halogenated alkanes) is 1. The van der Waals surface area contributed by atoms with E-state index in [0.717, 1.165) is 6.04 Å². The summed E-state index contributed by atoms with van der Waals surface area (Å²) in [4.78, 5) is 0. The van der Waals surface area contributed by atoms with Crippen molar-refractivity contribution >= 4 is 69.8 Å². The first-order valence-electron chi connectivity index (χ1n) is 13.6. The summed E-state index contributed by atoms with van der Waals surface area (Å²) in [5.74, 6) is 0. The second-order valence-electron chi connectivity index (χ2n) is 13.5. The van der Waals surface area contributed by atoms with Crippen LogP contribution < -0.4 is 0 Å². The van der Waals surface area contributed by atoms with E-state index in [-0.39, 0.29) is 0 Å². The summed E-state index contributed by atoms with van der Waals surface area (Å²) in [6.45, 7) is 36.5. The summed E-state index contributed by atoms with van der Waals surface area (Å²) in [6, 6.07) is 1.16. The molecule has 0 aromatic heterocycles. The quantitative estimate of drug-likeness (QED) is 0.116. The van der Waals surface area contributed by atoms with Crippen molar-refractivity contribution in [2.45, 2.75) is 143 Å². The van der Waals surface area contributed by atoms with Gasteiger partial charge in [0.1, 0.15) is 0 Å². The Morgan fingerprint density at radius 2 is 0.778 bits per heavy atom. The van der Waals surface area contributed by atoms with E-state index in [1.54, 1.807) is 0 Å². The van der Waals surface area contributed by atoms with Gasteiger partial charge in [-0.05, 0) is 95.7 Å². The Kier molecular flexibility index (Phi) is 14.1. The zero-order valence-electron chi connectivity index (χ0n) is 26.6. The Morgan fingerprint density at radius 1 is 0.500 bits per heavy atom. The van der Waals surface area contributed by atoms with Gasteiger partial charge in [0.2, 0.25) is 0 Å². The van der Waals surface area contributed by atoms with Crippen molar-refractivity contribution in [1.29, 1.82) is 0 Å². The van der Waals surface area contributed by atoms with Crippen LogP contribution in [0.25, 0.3) is 0 Å². The molecule has 0 aromatic carbocycles. The highest BCUT2D eigenvalue weighted by molar-refractivity contribution is 7.20. The molecule has 14 heteroatoms. The van der Waals surface area contributed by atoms with Gasteiger partial charge < -0.3 is 24.7 Å². The molecule has 0 aliphatic heterocycles. The number of rotatable bonds is 17. The molecule has 0 saturated carbocycles. The zero-order valence-corrected chi connectivity index (χ0v) is 34.4. The fourth-order valence-electron chi connectivity index (χ4n) is 5.07. The predicted octanol–water partition coefficient (Wildman–Crippen LogP) is 9.10. The van der Waals surface area contributed by atoms with Gasteiger partial charge in [-0.15, -0.1) is 11.1 Å². The molecule has 36 heavy (non-hydrogen) atoms. The Labute approximate surface area is 236 Å². The summed E-state index contributed by atoms with van der Waals surface area (Å²) >= 11 is 7.09. The predicted molar refractivity (Wildman–Crippen MR) is 173 cm³/mol. The molecular formula is C22H59ClO6Si7. The van der Waals surface area contributed by atoms with E-state index in [4.69, 9.17) is 35.8 Å². The Bertz CT molecular complexity index is 680. The second kappa shape index (κ2) is 13.5. The standard InChI is InChI=1S/C22H59ClO6Si7/c1-18-19-20-30(6,7)24-31(8,9)25-32(10,11)26-33(12,13)27-34(14,15)28-35(16,17)29-36(23,21(2)3)22(4)5/h21-22H,18-20H2,1-17H3. The molecule has 0 amide bonds. The summed E-state index contributed by atoms with van der Waals surface area (Å²) in [7, 11) is -16.7. The lowest BCUT2D eigenvalue weighted by Gasteiger charge is -2.44. The van der Waals surface area contributed by atoms with Crippen LogP contribution >= 0.6 is 11.1 Å².